The third-order valence-corrected chi connectivity index (χ3v) is 4.02. The molecule has 20 heavy (non-hydrogen) atoms. The highest BCUT2D eigenvalue weighted by molar-refractivity contribution is 7.10. The fourth-order valence-electron chi connectivity index (χ4n) is 2.19. The molecule has 0 spiro atoms. The molecule has 1 aromatic heterocycles. The maximum atomic E-state index is 11.8. The Morgan fingerprint density at radius 2 is 2.30 bits per heavy atom. The summed E-state index contributed by atoms with van der Waals surface area (Å²) in [6, 6.07) is 3.75. The number of carbonyl (C=O) groups excluding carboxylic acids is 1. The molecule has 0 radical (unpaired) electrons. The summed E-state index contributed by atoms with van der Waals surface area (Å²) in [5.41, 5.74) is 0. The van der Waals surface area contributed by atoms with Crippen LogP contribution in [0.5, 0.6) is 0 Å². The van der Waals surface area contributed by atoms with Crippen molar-refractivity contribution >= 4 is 30.3 Å². The van der Waals surface area contributed by atoms with Crippen LogP contribution < -0.4 is 5.32 Å². The van der Waals surface area contributed by atoms with Crippen molar-refractivity contribution in [3.8, 4) is 0 Å². The van der Waals surface area contributed by atoms with Crippen molar-refractivity contribution in [3.63, 3.8) is 0 Å². The number of carboxylic acids is 1. The Hall–Kier alpha value is -1.38. The maximum Gasteiger partial charge on any atom is 0.478 e. The summed E-state index contributed by atoms with van der Waals surface area (Å²) in [5.74, 6) is -1.60. The SMILES string of the molecule is O=C(O)CC1CC[C@H](NC(=O)Cc2cccs2)B(O)O1. The lowest BCUT2D eigenvalue weighted by molar-refractivity contribution is -0.139. The zero-order chi connectivity index (χ0) is 14.5. The molecule has 1 amide bonds. The van der Waals surface area contributed by atoms with E-state index < -0.39 is 25.1 Å². The molecule has 0 bridgehead atoms. The Morgan fingerprint density at radius 3 is 2.90 bits per heavy atom. The van der Waals surface area contributed by atoms with Crippen LogP contribution in [0, 0.1) is 0 Å². The minimum absolute atomic E-state index is 0.132. The lowest BCUT2D eigenvalue weighted by Crippen LogP contribution is -2.53. The minimum atomic E-state index is -1.15. The lowest BCUT2D eigenvalue weighted by Gasteiger charge is -2.30. The van der Waals surface area contributed by atoms with Crippen molar-refractivity contribution in [2.24, 2.45) is 0 Å². The number of nitrogens with one attached hydrogen (secondary N) is 1. The summed E-state index contributed by atoms with van der Waals surface area (Å²) in [6.07, 6.45) is 0.669. The molecule has 1 fully saturated rings. The summed E-state index contributed by atoms with van der Waals surface area (Å²) in [4.78, 5) is 23.4. The number of amides is 1. The first-order chi connectivity index (χ1) is 9.54. The van der Waals surface area contributed by atoms with Crippen molar-refractivity contribution in [1.82, 2.24) is 5.32 Å². The normalized spacial score (nSPS) is 22.6. The van der Waals surface area contributed by atoms with E-state index in [0.717, 1.165) is 4.88 Å². The highest BCUT2D eigenvalue weighted by atomic mass is 32.1. The number of hydrogen-bond acceptors (Lipinski definition) is 5. The van der Waals surface area contributed by atoms with Crippen LogP contribution in [0.4, 0.5) is 0 Å². The van der Waals surface area contributed by atoms with Crippen LogP contribution in [0.3, 0.4) is 0 Å². The Kier molecular flexibility index (Phi) is 5.16. The smallest absolute Gasteiger partial charge is 0.478 e. The van der Waals surface area contributed by atoms with E-state index in [4.69, 9.17) is 9.76 Å². The first-order valence-electron chi connectivity index (χ1n) is 6.41. The van der Waals surface area contributed by atoms with Gasteiger partial charge < -0.3 is 20.1 Å². The van der Waals surface area contributed by atoms with Crippen molar-refractivity contribution in [1.29, 1.82) is 0 Å². The van der Waals surface area contributed by atoms with E-state index in [9.17, 15) is 14.6 Å². The topological polar surface area (TPSA) is 95.9 Å². The van der Waals surface area contributed by atoms with Crippen LogP contribution in [-0.2, 0) is 20.7 Å². The third-order valence-electron chi connectivity index (χ3n) is 3.14. The largest absolute Gasteiger partial charge is 0.481 e. The van der Waals surface area contributed by atoms with Crippen LogP contribution in [0.25, 0.3) is 0 Å². The average molecular weight is 297 g/mol. The van der Waals surface area contributed by atoms with Crippen molar-refractivity contribution < 1.29 is 24.4 Å². The second kappa shape index (κ2) is 6.87. The van der Waals surface area contributed by atoms with Gasteiger partial charge in [0.05, 0.1) is 24.9 Å². The number of rotatable bonds is 5. The first-order valence-corrected chi connectivity index (χ1v) is 7.29. The number of thiophene rings is 1. The Morgan fingerprint density at radius 1 is 1.50 bits per heavy atom. The van der Waals surface area contributed by atoms with Crippen LogP contribution in [0.1, 0.15) is 24.1 Å². The summed E-state index contributed by atoms with van der Waals surface area (Å²) in [7, 11) is -1.15. The Balaban J connectivity index is 1.79. The van der Waals surface area contributed by atoms with Gasteiger partial charge in [-0.15, -0.1) is 11.3 Å². The summed E-state index contributed by atoms with van der Waals surface area (Å²) >= 11 is 1.50. The first kappa shape index (κ1) is 15.0. The molecule has 2 rings (SSSR count). The zero-order valence-corrected chi connectivity index (χ0v) is 11.6. The van der Waals surface area contributed by atoms with Crippen LogP contribution in [0.2, 0.25) is 0 Å². The minimum Gasteiger partial charge on any atom is -0.481 e. The summed E-state index contributed by atoms with van der Waals surface area (Å²) in [5, 5.41) is 23.1. The molecule has 2 atom stereocenters. The fourth-order valence-corrected chi connectivity index (χ4v) is 2.89. The Bertz CT molecular complexity index is 466. The van der Waals surface area contributed by atoms with Gasteiger partial charge in [-0.05, 0) is 24.3 Å². The van der Waals surface area contributed by atoms with Gasteiger partial charge in [0.1, 0.15) is 0 Å². The van der Waals surface area contributed by atoms with E-state index >= 15 is 0 Å². The van der Waals surface area contributed by atoms with Crippen molar-refractivity contribution in [3.05, 3.63) is 22.4 Å². The maximum absolute atomic E-state index is 11.8. The average Bonchev–Trinajstić information content (AvgIpc) is 2.84. The molecule has 108 valence electrons. The molecule has 1 aliphatic heterocycles. The van der Waals surface area contributed by atoms with E-state index in [1.165, 1.54) is 11.3 Å². The van der Waals surface area contributed by atoms with Gasteiger partial charge in [-0.25, -0.2) is 0 Å². The van der Waals surface area contributed by atoms with E-state index in [2.05, 4.69) is 5.32 Å². The Labute approximate surface area is 120 Å². The molecule has 3 N–H and O–H groups in total. The third kappa shape index (κ3) is 4.33. The van der Waals surface area contributed by atoms with Gasteiger partial charge in [0.15, 0.2) is 0 Å². The molecule has 1 saturated heterocycles. The van der Waals surface area contributed by atoms with E-state index in [0.29, 0.717) is 12.8 Å². The molecular formula is C12H16BNO5S. The number of hydrogen-bond donors (Lipinski definition) is 3. The van der Waals surface area contributed by atoms with Gasteiger partial charge in [0.25, 0.3) is 0 Å². The highest BCUT2D eigenvalue weighted by Gasteiger charge is 2.36. The molecule has 1 aliphatic rings. The molecule has 0 saturated carbocycles. The second-order valence-electron chi connectivity index (χ2n) is 4.75. The van der Waals surface area contributed by atoms with E-state index in [1.807, 2.05) is 17.5 Å². The van der Waals surface area contributed by atoms with Gasteiger partial charge in [-0.2, -0.15) is 0 Å². The fraction of sp³-hybridized carbons (Fsp3) is 0.500. The van der Waals surface area contributed by atoms with Gasteiger partial charge >= 0.3 is 13.1 Å². The monoisotopic (exact) mass is 297 g/mol. The molecular weight excluding hydrogens is 281 g/mol. The lowest BCUT2D eigenvalue weighted by atomic mass is 9.72. The molecule has 1 aromatic rings. The summed E-state index contributed by atoms with van der Waals surface area (Å²) < 4.78 is 5.21. The number of carboxylic acid groups (broad SMARTS) is 1. The quantitative estimate of drug-likeness (QED) is 0.686. The second-order valence-corrected chi connectivity index (χ2v) is 5.79. The summed E-state index contributed by atoms with van der Waals surface area (Å²) in [6.45, 7) is 0. The standard InChI is InChI=1S/C12H16BNO5S/c15-11(7-9-2-1-5-20-9)14-10-4-3-8(6-12(16)17)19-13(10)18/h1-2,5,8,10,18H,3-4,6-7H2,(H,14,15)(H,16,17)/t8?,10-/m0/s1. The van der Waals surface area contributed by atoms with Gasteiger partial charge in [0, 0.05) is 4.88 Å². The zero-order valence-electron chi connectivity index (χ0n) is 10.8. The van der Waals surface area contributed by atoms with Gasteiger partial charge in [0.2, 0.25) is 5.91 Å². The highest BCUT2D eigenvalue weighted by Crippen LogP contribution is 2.19. The molecule has 2 heterocycles. The van der Waals surface area contributed by atoms with Gasteiger partial charge in [-0.3, -0.25) is 9.59 Å². The van der Waals surface area contributed by atoms with Crippen LogP contribution in [0.15, 0.2) is 17.5 Å². The van der Waals surface area contributed by atoms with Crippen LogP contribution in [-0.4, -0.2) is 41.2 Å². The molecule has 8 heteroatoms. The predicted octanol–water partition coefficient (Wildman–Crippen LogP) is 0.449. The van der Waals surface area contributed by atoms with E-state index in [-0.39, 0.29) is 18.7 Å². The molecule has 0 aromatic carbocycles. The van der Waals surface area contributed by atoms with Gasteiger partial charge in [-0.1, -0.05) is 6.07 Å². The van der Waals surface area contributed by atoms with Crippen LogP contribution >= 0.6 is 11.3 Å². The van der Waals surface area contributed by atoms with E-state index in [1.54, 1.807) is 0 Å². The van der Waals surface area contributed by atoms with Crippen molar-refractivity contribution in [2.75, 3.05) is 0 Å². The predicted molar refractivity (Wildman–Crippen MR) is 74.3 cm³/mol. The number of carbonyl (C=O) groups is 2. The molecule has 0 aliphatic carbocycles. The molecule has 1 unspecified atom stereocenters. The molecule has 6 nitrogen and oxygen atoms in total. The number of aliphatic carboxylic acids is 1. The van der Waals surface area contributed by atoms with Crippen molar-refractivity contribution in [2.45, 2.75) is 37.7 Å².